The van der Waals surface area contributed by atoms with Gasteiger partial charge in [-0.05, 0) is 47.5 Å². The van der Waals surface area contributed by atoms with Gasteiger partial charge in [0.1, 0.15) is 5.82 Å². The second-order valence-electron chi connectivity index (χ2n) is 7.78. The van der Waals surface area contributed by atoms with Gasteiger partial charge in [0, 0.05) is 48.0 Å². The first-order valence-corrected chi connectivity index (χ1v) is 10.5. The zero-order chi connectivity index (χ0) is 20.6. The van der Waals surface area contributed by atoms with Crippen LogP contribution in [0.4, 0.5) is 5.82 Å². The van der Waals surface area contributed by atoms with E-state index in [2.05, 4.69) is 51.3 Å². The highest BCUT2D eigenvalue weighted by atomic mass is 16.5. The van der Waals surface area contributed by atoms with Crippen molar-refractivity contribution in [2.75, 3.05) is 37.7 Å². The largest absolute Gasteiger partial charge is 0.378 e. The zero-order valence-electron chi connectivity index (χ0n) is 17.0. The number of benzene rings is 1. The summed E-state index contributed by atoms with van der Waals surface area (Å²) in [7, 11) is 0. The number of rotatable bonds is 3. The van der Waals surface area contributed by atoms with Gasteiger partial charge in [-0.15, -0.1) is 0 Å². The van der Waals surface area contributed by atoms with Crippen molar-refractivity contribution in [2.45, 2.75) is 0 Å². The van der Waals surface area contributed by atoms with Crippen LogP contribution in [0.1, 0.15) is 5.69 Å². The van der Waals surface area contributed by atoms with Crippen LogP contribution in [0, 0.1) is 0 Å². The van der Waals surface area contributed by atoms with Crippen molar-refractivity contribution in [3.63, 3.8) is 0 Å². The molecule has 0 atom stereocenters. The molecule has 4 aromatic rings. The summed E-state index contributed by atoms with van der Waals surface area (Å²) >= 11 is 0. The van der Waals surface area contributed by atoms with Gasteiger partial charge in [0.25, 0.3) is 0 Å². The summed E-state index contributed by atoms with van der Waals surface area (Å²) in [6.07, 6.45) is 7.58. The summed E-state index contributed by atoms with van der Waals surface area (Å²) in [6.45, 7) is 3.75. The minimum atomic E-state index is 0.645. The second-order valence-corrected chi connectivity index (χ2v) is 7.78. The number of morpholine rings is 1. The van der Waals surface area contributed by atoms with E-state index >= 15 is 0 Å². The topological polar surface area (TPSA) is 63.5 Å². The molecule has 1 saturated heterocycles. The number of hydrogen-bond acceptors (Lipinski definition) is 6. The molecular weight excluding hydrogens is 386 g/mol. The lowest BCUT2D eigenvalue weighted by molar-refractivity contribution is 0.122. The molecule has 0 spiro atoms. The number of aliphatic imine (C=N–C) groups is 1. The summed E-state index contributed by atoms with van der Waals surface area (Å²) in [4.78, 5) is 20.9. The average Bonchev–Trinajstić information content (AvgIpc) is 3.38. The molecule has 1 aromatic carbocycles. The molecule has 0 aliphatic carbocycles. The Balaban J connectivity index is 1.60. The number of allylic oxidation sites excluding steroid dienone is 1. The van der Waals surface area contributed by atoms with E-state index in [0.29, 0.717) is 6.54 Å². The van der Waals surface area contributed by atoms with Crippen LogP contribution in [-0.4, -0.2) is 54.0 Å². The molecule has 6 heteroatoms. The smallest absolute Gasteiger partial charge is 0.130 e. The third-order valence-electron chi connectivity index (χ3n) is 5.91. The molecule has 5 heterocycles. The molecule has 2 aliphatic heterocycles. The van der Waals surface area contributed by atoms with E-state index in [1.54, 1.807) is 0 Å². The van der Waals surface area contributed by atoms with E-state index in [4.69, 9.17) is 14.7 Å². The first-order chi connectivity index (χ1) is 15.4. The van der Waals surface area contributed by atoms with Crippen LogP contribution in [0.3, 0.4) is 0 Å². The van der Waals surface area contributed by atoms with Gasteiger partial charge < -0.3 is 9.64 Å². The molecule has 31 heavy (non-hydrogen) atoms. The van der Waals surface area contributed by atoms with E-state index in [1.807, 2.05) is 30.8 Å². The number of nitrogens with zero attached hydrogens (tertiary/aromatic N) is 5. The predicted molar refractivity (Wildman–Crippen MR) is 125 cm³/mol. The third-order valence-corrected chi connectivity index (χ3v) is 5.91. The monoisotopic (exact) mass is 407 g/mol. The summed E-state index contributed by atoms with van der Waals surface area (Å²) in [6, 6.07) is 14.8. The third kappa shape index (κ3) is 3.25. The first kappa shape index (κ1) is 18.2. The van der Waals surface area contributed by atoms with Crippen LogP contribution in [0.5, 0.6) is 0 Å². The van der Waals surface area contributed by atoms with Crippen molar-refractivity contribution in [3.05, 3.63) is 66.6 Å². The molecule has 1 fully saturated rings. The van der Waals surface area contributed by atoms with E-state index in [0.717, 1.165) is 76.3 Å². The average molecular weight is 407 g/mol. The quantitative estimate of drug-likeness (QED) is 0.511. The Labute approximate surface area is 179 Å². The van der Waals surface area contributed by atoms with Gasteiger partial charge in [0.15, 0.2) is 0 Å². The van der Waals surface area contributed by atoms with Gasteiger partial charge in [0.2, 0.25) is 0 Å². The van der Waals surface area contributed by atoms with E-state index < -0.39 is 0 Å². The van der Waals surface area contributed by atoms with Gasteiger partial charge in [-0.1, -0.05) is 12.1 Å². The summed E-state index contributed by atoms with van der Waals surface area (Å²) in [5.74, 6) is 0.964. The fourth-order valence-corrected chi connectivity index (χ4v) is 4.31. The van der Waals surface area contributed by atoms with Crippen LogP contribution in [0.15, 0.2) is 65.9 Å². The number of hydrogen-bond donors (Lipinski definition) is 0. The summed E-state index contributed by atoms with van der Waals surface area (Å²) in [5, 5.41) is 2.22. The number of anilines is 1. The van der Waals surface area contributed by atoms with Crippen LogP contribution in [-0.2, 0) is 4.74 Å². The molecular formula is C25H21N5O. The summed E-state index contributed by atoms with van der Waals surface area (Å²) in [5.41, 5.74) is 6.23. The number of fused-ring (bicyclic) bond motifs is 2. The number of pyridine rings is 3. The zero-order valence-corrected chi connectivity index (χ0v) is 17.0. The fraction of sp³-hybridized carbons (Fsp3) is 0.200. The highest BCUT2D eigenvalue weighted by molar-refractivity contribution is 6.03. The SMILES string of the molecule is C1=NCC(c2nccc3c(-c4ccc5ncccc5c4)cc(N4CCOCC4)nc23)=C1. The van der Waals surface area contributed by atoms with Gasteiger partial charge >= 0.3 is 0 Å². The first-order valence-electron chi connectivity index (χ1n) is 10.5. The Kier molecular flexibility index (Phi) is 4.43. The van der Waals surface area contributed by atoms with Gasteiger partial charge in [0.05, 0.1) is 36.5 Å². The minimum Gasteiger partial charge on any atom is -0.378 e. The Hall–Kier alpha value is -3.64. The Morgan fingerprint density at radius 3 is 2.74 bits per heavy atom. The molecule has 0 radical (unpaired) electrons. The lowest BCUT2D eigenvalue weighted by Gasteiger charge is -2.28. The highest BCUT2D eigenvalue weighted by Crippen LogP contribution is 2.35. The van der Waals surface area contributed by atoms with Crippen molar-refractivity contribution >= 4 is 39.4 Å². The highest BCUT2D eigenvalue weighted by Gasteiger charge is 2.19. The predicted octanol–water partition coefficient (Wildman–Crippen LogP) is 4.15. The van der Waals surface area contributed by atoms with E-state index in [-0.39, 0.29) is 0 Å². The Morgan fingerprint density at radius 1 is 0.935 bits per heavy atom. The molecule has 0 N–H and O–H groups in total. The minimum absolute atomic E-state index is 0.645. The van der Waals surface area contributed by atoms with Crippen LogP contribution in [0.2, 0.25) is 0 Å². The van der Waals surface area contributed by atoms with Crippen LogP contribution >= 0.6 is 0 Å². The van der Waals surface area contributed by atoms with Crippen molar-refractivity contribution in [2.24, 2.45) is 4.99 Å². The number of aromatic nitrogens is 3. The molecule has 6 nitrogen and oxygen atoms in total. The molecule has 0 saturated carbocycles. The van der Waals surface area contributed by atoms with Crippen molar-refractivity contribution in [1.29, 1.82) is 0 Å². The lowest BCUT2D eigenvalue weighted by Crippen LogP contribution is -2.36. The molecule has 3 aromatic heterocycles. The lowest BCUT2D eigenvalue weighted by atomic mass is 9.98. The van der Waals surface area contributed by atoms with Crippen molar-refractivity contribution in [1.82, 2.24) is 15.0 Å². The second kappa shape index (κ2) is 7.56. The maximum Gasteiger partial charge on any atom is 0.130 e. The molecule has 2 aliphatic rings. The van der Waals surface area contributed by atoms with Crippen molar-refractivity contribution < 1.29 is 4.74 Å². The standard InChI is InChI=1S/C25H21N5O/c1-2-18-14-17(3-4-22(18)27-7-1)21-15-23(30-10-12-31-13-11-30)29-25-20(21)6-9-28-24(25)19-5-8-26-16-19/h1-9,14-15H,10-13,16H2. The Morgan fingerprint density at radius 2 is 1.87 bits per heavy atom. The summed E-state index contributed by atoms with van der Waals surface area (Å²) < 4.78 is 5.56. The normalized spacial score (nSPS) is 16.3. The molecule has 0 amide bonds. The van der Waals surface area contributed by atoms with E-state index in [1.165, 1.54) is 0 Å². The maximum atomic E-state index is 5.56. The molecule has 0 unspecified atom stereocenters. The van der Waals surface area contributed by atoms with Gasteiger partial charge in [-0.2, -0.15) is 0 Å². The Bertz CT molecular complexity index is 1350. The van der Waals surface area contributed by atoms with Crippen molar-refractivity contribution in [3.8, 4) is 11.1 Å². The van der Waals surface area contributed by atoms with Gasteiger partial charge in [-0.25, -0.2) is 4.98 Å². The molecule has 6 rings (SSSR count). The van der Waals surface area contributed by atoms with Crippen LogP contribution in [0.25, 0.3) is 38.5 Å². The molecule has 0 bridgehead atoms. The van der Waals surface area contributed by atoms with Gasteiger partial charge in [-0.3, -0.25) is 15.0 Å². The number of ether oxygens (including phenoxy) is 1. The fourth-order valence-electron chi connectivity index (χ4n) is 4.31. The maximum absolute atomic E-state index is 5.56. The van der Waals surface area contributed by atoms with E-state index in [9.17, 15) is 0 Å². The van der Waals surface area contributed by atoms with Crippen LogP contribution < -0.4 is 4.90 Å². The molecule has 152 valence electrons.